The Bertz CT molecular complexity index is 982. The van der Waals surface area contributed by atoms with Gasteiger partial charge in [-0.25, -0.2) is 9.97 Å². The number of carbonyl (C=O) groups excluding carboxylic acids is 1. The molecule has 148 valence electrons. The number of benzene rings is 2. The van der Waals surface area contributed by atoms with E-state index < -0.39 is 5.60 Å². The van der Waals surface area contributed by atoms with Crippen LogP contribution in [0.4, 0.5) is 0 Å². The summed E-state index contributed by atoms with van der Waals surface area (Å²) >= 11 is 0. The Balaban J connectivity index is 1.51. The van der Waals surface area contributed by atoms with Crippen molar-refractivity contribution >= 4 is 5.91 Å². The number of aromatic nitrogens is 2. The van der Waals surface area contributed by atoms with Crippen LogP contribution in [-0.2, 0) is 6.42 Å². The zero-order valence-electron chi connectivity index (χ0n) is 16.6. The van der Waals surface area contributed by atoms with Gasteiger partial charge in [0.05, 0.1) is 11.3 Å². The number of nitrogens with zero attached hydrogens (tertiary/aromatic N) is 3. The first-order valence-electron chi connectivity index (χ1n) is 9.97. The Hall–Kier alpha value is -3.05. The molecule has 29 heavy (non-hydrogen) atoms. The Morgan fingerprint density at radius 2 is 1.86 bits per heavy atom. The molecule has 5 nitrogen and oxygen atoms in total. The third kappa shape index (κ3) is 4.35. The van der Waals surface area contributed by atoms with Crippen LogP contribution in [0.15, 0.2) is 67.1 Å². The number of amides is 1. The molecule has 1 aromatic heterocycles. The van der Waals surface area contributed by atoms with Gasteiger partial charge in [0.2, 0.25) is 0 Å². The number of likely N-dealkylation sites (tertiary alicyclic amines) is 1. The summed E-state index contributed by atoms with van der Waals surface area (Å²) in [5.41, 5.74) is 3.59. The van der Waals surface area contributed by atoms with E-state index in [0.29, 0.717) is 37.9 Å². The van der Waals surface area contributed by atoms with Crippen LogP contribution in [0.5, 0.6) is 0 Å². The molecule has 0 atom stereocenters. The van der Waals surface area contributed by atoms with Crippen molar-refractivity contribution < 1.29 is 9.90 Å². The van der Waals surface area contributed by atoms with Crippen molar-refractivity contribution in [1.82, 2.24) is 14.9 Å². The van der Waals surface area contributed by atoms with E-state index >= 15 is 0 Å². The Kier molecular flexibility index (Phi) is 5.41. The molecule has 1 aliphatic rings. The van der Waals surface area contributed by atoms with E-state index in [1.807, 2.05) is 66.4 Å². The second kappa shape index (κ2) is 8.13. The van der Waals surface area contributed by atoms with Gasteiger partial charge in [-0.05, 0) is 37.5 Å². The topological polar surface area (TPSA) is 66.3 Å². The van der Waals surface area contributed by atoms with Gasteiger partial charge in [0.25, 0.3) is 5.91 Å². The molecule has 1 saturated heterocycles. The molecule has 1 amide bonds. The zero-order valence-corrected chi connectivity index (χ0v) is 16.6. The van der Waals surface area contributed by atoms with Crippen LogP contribution in [0, 0.1) is 6.92 Å². The van der Waals surface area contributed by atoms with Crippen LogP contribution in [0.3, 0.4) is 0 Å². The predicted molar refractivity (Wildman–Crippen MR) is 112 cm³/mol. The van der Waals surface area contributed by atoms with E-state index in [0.717, 1.165) is 22.4 Å². The summed E-state index contributed by atoms with van der Waals surface area (Å²) in [7, 11) is 0. The molecule has 0 unspecified atom stereocenters. The molecular weight excluding hydrogens is 362 g/mol. The SMILES string of the molecule is Cc1ccc(-c2ccncn2)c(C(=O)N2CCC(O)(Cc3ccccc3)CC2)c1. The quantitative estimate of drug-likeness (QED) is 0.742. The summed E-state index contributed by atoms with van der Waals surface area (Å²) in [5.74, 6) is -0.0101. The maximum Gasteiger partial charge on any atom is 0.254 e. The number of aryl methyl sites for hydroxylation is 1. The van der Waals surface area contributed by atoms with Gasteiger partial charge in [0, 0.05) is 36.8 Å². The van der Waals surface area contributed by atoms with E-state index in [9.17, 15) is 9.90 Å². The largest absolute Gasteiger partial charge is 0.389 e. The molecule has 2 aromatic carbocycles. The number of hydrogen-bond acceptors (Lipinski definition) is 4. The predicted octanol–water partition coefficient (Wildman–Crippen LogP) is 3.66. The van der Waals surface area contributed by atoms with Gasteiger partial charge in [-0.15, -0.1) is 0 Å². The minimum Gasteiger partial charge on any atom is -0.389 e. The lowest BCUT2D eigenvalue weighted by atomic mass is 9.85. The van der Waals surface area contributed by atoms with E-state index in [4.69, 9.17) is 0 Å². The van der Waals surface area contributed by atoms with Crippen LogP contribution in [0.25, 0.3) is 11.3 Å². The standard InChI is InChI=1S/C24H25N3O2/c1-18-7-8-20(22-9-12-25-17-26-22)21(15-18)23(28)27-13-10-24(29,11-14-27)16-19-5-3-2-4-6-19/h2-9,12,15,17,29H,10-11,13-14,16H2,1H3. The smallest absolute Gasteiger partial charge is 0.254 e. The fourth-order valence-corrected chi connectivity index (χ4v) is 3.96. The van der Waals surface area contributed by atoms with Crippen molar-refractivity contribution in [3.63, 3.8) is 0 Å². The molecule has 0 spiro atoms. The summed E-state index contributed by atoms with van der Waals surface area (Å²) in [5, 5.41) is 11.0. The minimum atomic E-state index is -0.764. The van der Waals surface area contributed by atoms with Gasteiger partial charge in [0.1, 0.15) is 6.33 Å². The van der Waals surface area contributed by atoms with Crippen LogP contribution >= 0.6 is 0 Å². The van der Waals surface area contributed by atoms with Crippen molar-refractivity contribution in [2.24, 2.45) is 0 Å². The number of aliphatic hydroxyl groups is 1. The van der Waals surface area contributed by atoms with Crippen LogP contribution in [0.1, 0.15) is 34.3 Å². The van der Waals surface area contributed by atoms with Crippen LogP contribution < -0.4 is 0 Å². The number of hydrogen-bond donors (Lipinski definition) is 1. The Morgan fingerprint density at radius 3 is 2.55 bits per heavy atom. The third-order valence-corrected chi connectivity index (χ3v) is 5.62. The van der Waals surface area contributed by atoms with Crippen molar-refractivity contribution in [3.8, 4) is 11.3 Å². The lowest BCUT2D eigenvalue weighted by Crippen LogP contribution is -2.47. The summed E-state index contributed by atoms with van der Waals surface area (Å²) in [4.78, 5) is 23.4. The highest BCUT2D eigenvalue weighted by Gasteiger charge is 2.34. The molecule has 0 saturated carbocycles. The molecule has 1 aliphatic heterocycles. The molecule has 3 aromatic rings. The van der Waals surface area contributed by atoms with Crippen LogP contribution in [0.2, 0.25) is 0 Å². The first kappa shape index (κ1) is 19.3. The van der Waals surface area contributed by atoms with Gasteiger partial charge >= 0.3 is 0 Å². The highest BCUT2D eigenvalue weighted by molar-refractivity contribution is 6.00. The van der Waals surface area contributed by atoms with Gasteiger partial charge in [-0.1, -0.05) is 48.0 Å². The van der Waals surface area contributed by atoms with Crippen molar-refractivity contribution in [2.75, 3.05) is 13.1 Å². The molecular formula is C24H25N3O2. The fourth-order valence-electron chi connectivity index (χ4n) is 3.96. The molecule has 0 bridgehead atoms. The molecule has 2 heterocycles. The maximum atomic E-state index is 13.3. The highest BCUT2D eigenvalue weighted by atomic mass is 16.3. The van der Waals surface area contributed by atoms with Gasteiger partial charge in [0.15, 0.2) is 0 Å². The average Bonchev–Trinajstić information content (AvgIpc) is 2.75. The molecule has 1 N–H and O–H groups in total. The van der Waals surface area contributed by atoms with E-state index in [-0.39, 0.29) is 5.91 Å². The third-order valence-electron chi connectivity index (χ3n) is 5.62. The summed E-state index contributed by atoms with van der Waals surface area (Å²) in [6.07, 6.45) is 4.94. The highest BCUT2D eigenvalue weighted by Crippen LogP contribution is 2.29. The second-order valence-electron chi connectivity index (χ2n) is 7.82. The average molecular weight is 387 g/mol. The Labute approximate surface area is 171 Å². The van der Waals surface area contributed by atoms with E-state index in [1.54, 1.807) is 6.20 Å². The van der Waals surface area contributed by atoms with Gasteiger partial charge in [-0.2, -0.15) is 0 Å². The summed E-state index contributed by atoms with van der Waals surface area (Å²) in [6, 6.07) is 17.7. The zero-order chi connectivity index (χ0) is 20.3. The molecule has 5 heteroatoms. The molecule has 1 fully saturated rings. The van der Waals surface area contributed by atoms with Gasteiger partial charge in [-0.3, -0.25) is 4.79 Å². The number of piperidine rings is 1. The summed E-state index contributed by atoms with van der Waals surface area (Å²) in [6.45, 7) is 3.06. The molecule has 4 rings (SSSR count). The lowest BCUT2D eigenvalue weighted by molar-refractivity contribution is -0.0162. The normalized spacial score (nSPS) is 15.9. The van der Waals surface area contributed by atoms with Crippen LogP contribution in [-0.4, -0.2) is 44.6 Å². The van der Waals surface area contributed by atoms with E-state index in [1.165, 1.54) is 6.33 Å². The Morgan fingerprint density at radius 1 is 1.10 bits per heavy atom. The van der Waals surface area contributed by atoms with Gasteiger partial charge < -0.3 is 10.0 Å². The summed E-state index contributed by atoms with van der Waals surface area (Å²) < 4.78 is 0. The van der Waals surface area contributed by atoms with E-state index in [2.05, 4.69) is 9.97 Å². The lowest BCUT2D eigenvalue weighted by Gasteiger charge is -2.38. The maximum absolute atomic E-state index is 13.3. The molecule has 0 radical (unpaired) electrons. The monoisotopic (exact) mass is 387 g/mol. The fraction of sp³-hybridized carbons (Fsp3) is 0.292. The first-order valence-corrected chi connectivity index (χ1v) is 9.97. The molecule has 0 aliphatic carbocycles. The second-order valence-corrected chi connectivity index (χ2v) is 7.82. The van der Waals surface area contributed by atoms with Crippen molar-refractivity contribution in [2.45, 2.75) is 31.8 Å². The van der Waals surface area contributed by atoms with Crippen molar-refractivity contribution in [1.29, 1.82) is 0 Å². The van der Waals surface area contributed by atoms with Crippen molar-refractivity contribution in [3.05, 3.63) is 83.8 Å². The first-order chi connectivity index (χ1) is 14.0. The minimum absolute atomic E-state index is 0.0101. The number of carbonyl (C=O) groups is 1. The number of rotatable bonds is 4.